The molecule has 0 aliphatic carbocycles. The predicted octanol–water partition coefficient (Wildman–Crippen LogP) is 1.73. The number of nitrogens with zero attached hydrogens (tertiary/aromatic N) is 3. The van der Waals surface area contributed by atoms with Gasteiger partial charge in [0.05, 0.1) is 6.04 Å². The summed E-state index contributed by atoms with van der Waals surface area (Å²) in [6.45, 7) is 6.36. The highest BCUT2D eigenvalue weighted by Crippen LogP contribution is 2.28. The van der Waals surface area contributed by atoms with E-state index in [1.807, 2.05) is 32.7 Å². The van der Waals surface area contributed by atoms with Crippen LogP contribution in [0.5, 0.6) is 0 Å². The van der Waals surface area contributed by atoms with Gasteiger partial charge in [0.1, 0.15) is 17.8 Å². The van der Waals surface area contributed by atoms with Crippen molar-refractivity contribution in [3.63, 3.8) is 0 Å². The van der Waals surface area contributed by atoms with Crippen LogP contribution in [-0.2, 0) is 4.74 Å². The molecule has 2 heterocycles. The molecule has 2 aliphatic heterocycles. The first-order valence-corrected chi connectivity index (χ1v) is 7.04. The predicted molar refractivity (Wildman–Crippen MR) is 78.6 cm³/mol. The van der Waals surface area contributed by atoms with Crippen molar-refractivity contribution in [2.45, 2.75) is 57.5 Å². The van der Waals surface area contributed by atoms with E-state index in [1.54, 1.807) is 11.1 Å². The number of hydrogen-bond donors (Lipinski definition) is 0. The normalized spacial score (nSPS) is 30.6. The monoisotopic (exact) mass is 277 g/mol. The summed E-state index contributed by atoms with van der Waals surface area (Å²) in [6, 6.07) is -0.0365. The van der Waals surface area contributed by atoms with Gasteiger partial charge in [0.2, 0.25) is 0 Å². The molecule has 0 N–H and O–H groups in total. The van der Waals surface area contributed by atoms with E-state index in [-0.39, 0.29) is 24.3 Å². The lowest BCUT2D eigenvalue weighted by Crippen LogP contribution is -2.49. The summed E-state index contributed by atoms with van der Waals surface area (Å²) in [5.41, 5.74) is -0.476. The van der Waals surface area contributed by atoms with Gasteiger partial charge in [-0.25, -0.2) is 4.79 Å². The summed E-state index contributed by atoms with van der Waals surface area (Å²) in [5, 5.41) is 0. The van der Waals surface area contributed by atoms with E-state index in [0.717, 1.165) is 19.4 Å². The molecule has 0 aromatic rings. The maximum absolute atomic E-state index is 12.3. The van der Waals surface area contributed by atoms with Crippen LogP contribution < -0.4 is 0 Å². The lowest BCUT2D eigenvalue weighted by Gasteiger charge is -2.33. The fourth-order valence-corrected chi connectivity index (χ4v) is 2.73. The molecule has 2 rings (SSSR count). The largest absolute Gasteiger partial charge is 0.444 e. The Kier molecular flexibility index (Phi) is 4.05. The van der Waals surface area contributed by atoms with Crippen molar-refractivity contribution < 1.29 is 9.53 Å². The Bertz CT molecular complexity index is 447. The number of ether oxygens (including phenoxy) is 1. The lowest BCUT2D eigenvalue weighted by molar-refractivity contribution is 0.0154. The number of aliphatic imine (C=N–C) groups is 1. The van der Waals surface area contributed by atoms with Crippen LogP contribution in [0.1, 0.15) is 33.6 Å². The Morgan fingerprint density at radius 2 is 2.20 bits per heavy atom. The number of amides is 1. The zero-order chi connectivity index (χ0) is 14.9. The zero-order valence-corrected chi connectivity index (χ0v) is 12.7. The van der Waals surface area contributed by atoms with Gasteiger partial charge in [0.25, 0.3) is 0 Å². The molecule has 1 amide bonds. The fraction of sp³-hybridized carbons (Fsp3) is 0.733. The van der Waals surface area contributed by atoms with Crippen LogP contribution in [0, 0.1) is 12.3 Å². The Labute approximate surface area is 121 Å². The molecule has 110 valence electrons. The van der Waals surface area contributed by atoms with Gasteiger partial charge in [0.15, 0.2) is 0 Å². The van der Waals surface area contributed by atoms with Crippen molar-refractivity contribution in [3.8, 4) is 12.3 Å². The van der Waals surface area contributed by atoms with E-state index >= 15 is 0 Å². The van der Waals surface area contributed by atoms with Crippen LogP contribution in [-0.4, -0.2) is 59.6 Å². The maximum Gasteiger partial charge on any atom is 0.410 e. The second-order valence-electron chi connectivity index (χ2n) is 6.37. The number of hydrogen-bond acceptors (Lipinski definition) is 4. The molecule has 0 aromatic heterocycles. The molecule has 1 fully saturated rings. The molecule has 2 aliphatic rings. The fourth-order valence-electron chi connectivity index (χ4n) is 2.73. The number of terminal acetylenes is 1. The second-order valence-corrected chi connectivity index (χ2v) is 6.37. The van der Waals surface area contributed by atoms with Crippen LogP contribution in [0.3, 0.4) is 0 Å². The van der Waals surface area contributed by atoms with Crippen LogP contribution in [0.25, 0.3) is 0 Å². The SMILES string of the molecule is C#CC1C=NC(C2CCCN2C(=O)OC(C)(C)C)N1C. The van der Waals surface area contributed by atoms with Crippen LogP contribution in [0.4, 0.5) is 4.79 Å². The summed E-state index contributed by atoms with van der Waals surface area (Å²) in [7, 11) is 1.95. The number of likely N-dealkylation sites (N-methyl/N-ethyl adjacent to an activating group) is 1. The van der Waals surface area contributed by atoms with Gasteiger partial charge in [-0.05, 0) is 40.7 Å². The third kappa shape index (κ3) is 2.96. The van der Waals surface area contributed by atoms with Gasteiger partial charge in [-0.3, -0.25) is 9.89 Å². The molecule has 5 nitrogen and oxygen atoms in total. The molecule has 3 atom stereocenters. The molecule has 3 unspecified atom stereocenters. The minimum atomic E-state index is -0.476. The highest BCUT2D eigenvalue weighted by molar-refractivity contribution is 5.72. The van der Waals surface area contributed by atoms with Gasteiger partial charge < -0.3 is 9.64 Å². The van der Waals surface area contributed by atoms with Gasteiger partial charge in [-0.2, -0.15) is 0 Å². The molecule has 0 aromatic carbocycles. The summed E-state index contributed by atoms with van der Waals surface area (Å²) in [6.07, 6.45) is 8.85. The average Bonchev–Trinajstić information content (AvgIpc) is 2.92. The van der Waals surface area contributed by atoms with E-state index in [4.69, 9.17) is 11.2 Å². The van der Waals surface area contributed by atoms with Crippen LogP contribution in [0.15, 0.2) is 4.99 Å². The first kappa shape index (κ1) is 14.9. The van der Waals surface area contributed by atoms with Crippen molar-refractivity contribution in [1.29, 1.82) is 0 Å². The van der Waals surface area contributed by atoms with Crippen molar-refractivity contribution in [2.75, 3.05) is 13.6 Å². The smallest absolute Gasteiger partial charge is 0.410 e. The molecule has 20 heavy (non-hydrogen) atoms. The second kappa shape index (κ2) is 5.45. The number of carbonyl (C=O) groups excluding carboxylic acids is 1. The third-order valence-corrected chi connectivity index (χ3v) is 3.68. The lowest BCUT2D eigenvalue weighted by atomic mass is 10.1. The van der Waals surface area contributed by atoms with Crippen LogP contribution >= 0.6 is 0 Å². The molecule has 1 saturated heterocycles. The van der Waals surface area contributed by atoms with Gasteiger partial charge in [0, 0.05) is 12.8 Å². The van der Waals surface area contributed by atoms with Crippen LogP contribution in [0.2, 0.25) is 0 Å². The van der Waals surface area contributed by atoms with E-state index in [9.17, 15) is 4.79 Å². The van der Waals surface area contributed by atoms with Gasteiger partial charge in [-0.1, -0.05) is 5.92 Å². The minimum Gasteiger partial charge on any atom is -0.444 e. The Balaban J connectivity index is 2.07. The molecule has 5 heteroatoms. The minimum absolute atomic E-state index is 0.0458. The first-order valence-electron chi connectivity index (χ1n) is 7.04. The van der Waals surface area contributed by atoms with E-state index < -0.39 is 5.60 Å². The topological polar surface area (TPSA) is 45.1 Å². The van der Waals surface area contributed by atoms with Gasteiger partial charge in [-0.15, -0.1) is 6.42 Å². The molecule has 0 spiro atoms. The van der Waals surface area contributed by atoms with E-state index in [1.165, 1.54) is 0 Å². The van der Waals surface area contributed by atoms with Crippen molar-refractivity contribution >= 4 is 12.3 Å². The standard InChI is InChI=1S/C15H23N3O2/c1-6-11-10-16-13(17(11)5)12-8-7-9-18(12)14(19)20-15(2,3)4/h1,10-13H,7-9H2,2-5H3. The van der Waals surface area contributed by atoms with E-state index in [0.29, 0.717) is 0 Å². The summed E-state index contributed by atoms with van der Waals surface area (Å²) < 4.78 is 5.48. The van der Waals surface area contributed by atoms with Crippen molar-refractivity contribution in [2.24, 2.45) is 4.99 Å². The van der Waals surface area contributed by atoms with Crippen molar-refractivity contribution in [3.05, 3.63) is 0 Å². The Hall–Kier alpha value is -1.54. The quantitative estimate of drug-likeness (QED) is 0.686. The third-order valence-electron chi connectivity index (χ3n) is 3.68. The molecule has 0 radical (unpaired) electrons. The summed E-state index contributed by atoms with van der Waals surface area (Å²) in [5.74, 6) is 2.69. The average molecular weight is 277 g/mol. The van der Waals surface area contributed by atoms with E-state index in [2.05, 4.69) is 10.9 Å². The number of likely N-dealkylation sites (tertiary alicyclic amines) is 1. The van der Waals surface area contributed by atoms with Gasteiger partial charge >= 0.3 is 6.09 Å². The molecular weight excluding hydrogens is 254 g/mol. The van der Waals surface area contributed by atoms with Crippen molar-refractivity contribution in [1.82, 2.24) is 9.80 Å². The Morgan fingerprint density at radius 1 is 1.50 bits per heavy atom. The number of rotatable bonds is 1. The number of carbonyl (C=O) groups is 1. The highest BCUT2D eigenvalue weighted by atomic mass is 16.6. The first-order chi connectivity index (χ1) is 9.33. The maximum atomic E-state index is 12.3. The highest BCUT2D eigenvalue weighted by Gasteiger charge is 2.41. The summed E-state index contributed by atoms with van der Waals surface area (Å²) in [4.78, 5) is 20.6. The molecule has 0 saturated carbocycles. The molecule has 0 bridgehead atoms. The Morgan fingerprint density at radius 3 is 2.75 bits per heavy atom. The molecular formula is C15H23N3O2. The zero-order valence-electron chi connectivity index (χ0n) is 12.7. The summed E-state index contributed by atoms with van der Waals surface area (Å²) >= 11 is 0.